The van der Waals surface area contributed by atoms with Crippen LogP contribution < -0.4 is 0 Å². The molecule has 1 rings (SSSR count). The van der Waals surface area contributed by atoms with Gasteiger partial charge in [-0.15, -0.1) is 0 Å². The summed E-state index contributed by atoms with van der Waals surface area (Å²) in [5, 5.41) is 18.1. The Morgan fingerprint density at radius 3 is 2.54 bits per heavy atom. The molecule has 0 aromatic heterocycles. The maximum Gasteiger partial charge on any atom is 0.0576 e. The van der Waals surface area contributed by atoms with Crippen molar-refractivity contribution in [3.63, 3.8) is 0 Å². The minimum absolute atomic E-state index is 0.0518. The van der Waals surface area contributed by atoms with Gasteiger partial charge in [0, 0.05) is 12.0 Å². The molecule has 13 heavy (non-hydrogen) atoms. The Balaban J connectivity index is 2.22. The van der Waals surface area contributed by atoms with Crippen LogP contribution >= 0.6 is 0 Å². The average molecular weight is 188 g/mol. The van der Waals surface area contributed by atoms with E-state index < -0.39 is 0 Å². The Hall–Kier alpha value is -0.120. The van der Waals surface area contributed by atoms with E-state index in [0.717, 1.165) is 32.3 Å². The molecule has 0 radical (unpaired) electrons. The van der Waals surface area contributed by atoms with Gasteiger partial charge in [0.05, 0.1) is 19.3 Å². The lowest BCUT2D eigenvalue weighted by molar-refractivity contribution is 0.0381. The first kappa shape index (κ1) is 11.0. The van der Waals surface area contributed by atoms with Crippen LogP contribution in [0.5, 0.6) is 0 Å². The monoisotopic (exact) mass is 188 g/mol. The second-order valence-corrected chi connectivity index (χ2v) is 4.30. The number of ether oxygens (including phenoxy) is 1. The highest BCUT2D eigenvalue weighted by atomic mass is 16.5. The van der Waals surface area contributed by atoms with Crippen molar-refractivity contribution in [3.8, 4) is 0 Å². The Labute approximate surface area is 79.7 Å². The molecule has 1 atom stereocenters. The van der Waals surface area contributed by atoms with E-state index in [0.29, 0.717) is 6.10 Å². The standard InChI is InChI=1S/C10H20O3/c1-10(7-11,8-12)5-4-9-3-2-6-13-9/h9,11-12H,2-8H2,1H3. The van der Waals surface area contributed by atoms with Crippen LogP contribution in [0.3, 0.4) is 0 Å². The van der Waals surface area contributed by atoms with Gasteiger partial charge in [-0.2, -0.15) is 0 Å². The zero-order valence-electron chi connectivity index (χ0n) is 8.33. The second-order valence-electron chi connectivity index (χ2n) is 4.30. The summed E-state index contributed by atoms with van der Waals surface area (Å²) in [4.78, 5) is 0. The van der Waals surface area contributed by atoms with Crippen molar-refractivity contribution in [2.24, 2.45) is 5.41 Å². The molecule has 1 aliphatic heterocycles. The van der Waals surface area contributed by atoms with E-state index >= 15 is 0 Å². The van der Waals surface area contributed by atoms with Crippen LogP contribution in [0.4, 0.5) is 0 Å². The molecule has 0 bridgehead atoms. The van der Waals surface area contributed by atoms with E-state index in [1.54, 1.807) is 0 Å². The largest absolute Gasteiger partial charge is 0.396 e. The van der Waals surface area contributed by atoms with Gasteiger partial charge in [0.2, 0.25) is 0 Å². The molecule has 0 aliphatic carbocycles. The third-order valence-electron chi connectivity index (χ3n) is 2.86. The Bertz CT molecular complexity index is 137. The molecule has 0 saturated carbocycles. The molecule has 2 N–H and O–H groups in total. The van der Waals surface area contributed by atoms with Crippen molar-refractivity contribution >= 4 is 0 Å². The summed E-state index contributed by atoms with van der Waals surface area (Å²) < 4.78 is 5.47. The summed E-state index contributed by atoms with van der Waals surface area (Å²) in [6.45, 7) is 2.88. The van der Waals surface area contributed by atoms with Crippen molar-refractivity contribution in [2.45, 2.75) is 38.7 Å². The number of aliphatic hydroxyl groups excluding tert-OH is 2. The normalized spacial score (nSPS) is 23.8. The predicted molar refractivity (Wildman–Crippen MR) is 50.5 cm³/mol. The SMILES string of the molecule is CC(CO)(CO)CCC1CCCO1. The van der Waals surface area contributed by atoms with Gasteiger partial charge in [0.25, 0.3) is 0 Å². The fraction of sp³-hybridized carbons (Fsp3) is 1.00. The number of hydrogen-bond donors (Lipinski definition) is 2. The molecule has 3 heteroatoms. The highest BCUT2D eigenvalue weighted by Gasteiger charge is 2.25. The topological polar surface area (TPSA) is 49.7 Å². The predicted octanol–water partition coefficient (Wildman–Crippen LogP) is 0.936. The van der Waals surface area contributed by atoms with Crippen LogP contribution in [0.2, 0.25) is 0 Å². The third-order valence-corrected chi connectivity index (χ3v) is 2.86. The van der Waals surface area contributed by atoms with E-state index in [1.165, 1.54) is 0 Å². The number of hydrogen-bond acceptors (Lipinski definition) is 3. The van der Waals surface area contributed by atoms with Crippen LogP contribution in [-0.4, -0.2) is 36.1 Å². The first-order chi connectivity index (χ1) is 6.20. The highest BCUT2D eigenvalue weighted by Crippen LogP contribution is 2.26. The minimum atomic E-state index is -0.327. The van der Waals surface area contributed by atoms with E-state index in [-0.39, 0.29) is 18.6 Å². The van der Waals surface area contributed by atoms with Crippen LogP contribution in [-0.2, 0) is 4.74 Å². The first-order valence-electron chi connectivity index (χ1n) is 5.03. The van der Waals surface area contributed by atoms with Crippen molar-refractivity contribution in [1.82, 2.24) is 0 Å². The van der Waals surface area contributed by atoms with Crippen LogP contribution in [0.25, 0.3) is 0 Å². The van der Waals surface area contributed by atoms with E-state index in [1.807, 2.05) is 6.92 Å². The van der Waals surface area contributed by atoms with Gasteiger partial charge < -0.3 is 14.9 Å². The summed E-state index contributed by atoms with van der Waals surface area (Å²) in [5.41, 5.74) is -0.327. The van der Waals surface area contributed by atoms with E-state index in [9.17, 15) is 0 Å². The molecule has 1 aliphatic rings. The zero-order valence-corrected chi connectivity index (χ0v) is 8.33. The van der Waals surface area contributed by atoms with Gasteiger partial charge in [0.15, 0.2) is 0 Å². The molecule has 78 valence electrons. The fourth-order valence-corrected chi connectivity index (χ4v) is 1.59. The Kier molecular flexibility index (Phi) is 4.16. The molecule has 3 nitrogen and oxygen atoms in total. The molecular formula is C10H20O3. The summed E-state index contributed by atoms with van der Waals surface area (Å²) >= 11 is 0. The van der Waals surface area contributed by atoms with Gasteiger partial charge in [-0.25, -0.2) is 0 Å². The highest BCUT2D eigenvalue weighted by molar-refractivity contribution is 4.75. The molecule has 1 unspecified atom stereocenters. The molecule has 1 heterocycles. The molecule has 0 aromatic carbocycles. The summed E-state index contributed by atoms with van der Waals surface area (Å²) in [6.07, 6.45) is 4.44. The molecule has 0 aromatic rings. The van der Waals surface area contributed by atoms with Crippen LogP contribution in [0.1, 0.15) is 32.6 Å². The Morgan fingerprint density at radius 2 is 2.08 bits per heavy atom. The smallest absolute Gasteiger partial charge is 0.0576 e. The van der Waals surface area contributed by atoms with Crippen LogP contribution in [0.15, 0.2) is 0 Å². The summed E-state index contributed by atoms with van der Waals surface area (Å²) in [7, 11) is 0. The zero-order chi connectivity index (χ0) is 9.73. The lowest BCUT2D eigenvalue weighted by Crippen LogP contribution is -2.27. The second kappa shape index (κ2) is 4.94. The summed E-state index contributed by atoms with van der Waals surface area (Å²) in [6, 6.07) is 0. The maximum atomic E-state index is 9.06. The van der Waals surface area contributed by atoms with Gasteiger partial charge in [0.1, 0.15) is 0 Å². The van der Waals surface area contributed by atoms with Crippen molar-refractivity contribution in [2.75, 3.05) is 19.8 Å². The van der Waals surface area contributed by atoms with Crippen molar-refractivity contribution < 1.29 is 14.9 Å². The van der Waals surface area contributed by atoms with E-state index in [4.69, 9.17) is 14.9 Å². The lowest BCUT2D eigenvalue weighted by atomic mass is 9.86. The number of aliphatic hydroxyl groups is 2. The molecule has 1 fully saturated rings. The van der Waals surface area contributed by atoms with Crippen molar-refractivity contribution in [3.05, 3.63) is 0 Å². The molecule has 1 saturated heterocycles. The quantitative estimate of drug-likeness (QED) is 0.675. The molecule has 0 spiro atoms. The van der Waals surface area contributed by atoms with Gasteiger partial charge >= 0.3 is 0 Å². The third kappa shape index (κ3) is 3.25. The molecular weight excluding hydrogens is 168 g/mol. The fourth-order valence-electron chi connectivity index (χ4n) is 1.59. The average Bonchev–Trinajstić information content (AvgIpc) is 2.67. The van der Waals surface area contributed by atoms with Gasteiger partial charge in [-0.3, -0.25) is 0 Å². The van der Waals surface area contributed by atoms with Gasteiger partial charge in [-0.05, 0) is 25.7 Å². The van der Waals surface area contributed by atoms with Crippen LogP contribution in [0, 0.1) is 5.41 Å². The lowest BCUT2D eigenvalue weighted by Gasteiger charge is -2.25. The number of rotatable bonds is 5. The maximum absolute atomic E-state index is 9.06. The molecule has 0 amide bonds. The van der Waals surface area contributed by atoms with Crippen molar-refractivity contribution in [1.29, 1.82) is 0 Å². The van der Waals surface area contributed by atoms with E-state index in [2.05, 4.69) is 0 Å². The van der Waals surface area contributed by atoms with Gasteiger partial charge in [-0.1, -0.05) is 6.92 Å². The minimum Gasteiger partial charge on any atom is -0.396 e. The Morgan fingerprint density at radius 1 is 1.38 bits per heavy atom. The summed E-state index contributed by atoms with van der Waals surface area (Å²) in [5.74, 6) is 0. The first-order valence-corrected chi connectivity index (χ1v) is 5.03.